The van der Waals surface area contributed by atoms with Crippen LogP contribution < -0.4 is 5.32 Å². The molecule has 0 aliphatic rings. The predicted octanol–water partition coefficient (Wildman–Crippen LogP) is 5.02. The van der Waals surface area contributed by atoms with E-state index in [1.165, 1.54) is 6.07 Å². The van der Waals surface area contributed by atoms with Crippen LogP contribution in [0.25, 0.3) is 11.3 Å². The molecule has 1 heterocycles. The summed E-state index contributed by atoms with van der Waals surface area (Å²) in [6.45, 7) is 1.92. The first-order chi connectivity index (χ1) is 11.0. The Bertz CT molecular complexity index is 874. The average molecular weight is 425 g/mol. The number of anilines is 2. The van der Waals surface area contributed by atoms with Gasteiger partial charge in [-0.3, -0.25) is 4.68 Å². The van der Waals surface area contributed by atoms with Crippen molar-refractivity contribution in [2.24, 2.45) is 7.05 Å². The van der Waals surface area contributed by atoms with Gasteiger partial charge in [-0.2, -0.15) is 5.10 Å². The number of rotatable bonds is 3. The van der Waals surface area contributed by atoms with Gasteiger partial charge >= 0.3 is 0 Å². The summed E-state index contributed by atoms with van der Waals surface area (Å²) in [6, 6.07) is 10.1. The zero-order chi connectivity index (χ0) is 16.6. The molecular weight excluding hydrogens is 411 g/mol. The fourth-order valence-corrected chi connectivity index (χ4v) is 2.99. The second kappa shape index (κ2) is 6.27. The highest BCUT2D eigenvalue weighted by Gasteiger charge is 2.17. The Balaban J connectivity index is 2.11. The lowest BCUT2D eigenvalue weighted by atomic mass is 10.1. The van der Waals surface area contributed by atoms with Gasteiger partial charge in [-0.05, 0) is 71.5 Å². The molecule has 0 unspecified atom stereocenters. The topological polar surface area (TPSA) is 29.9 Å². The Labute approximate surface area is 146 Å². The summed E-state index contributed by atoms with van der Waals surface area (Å²) in [5.74, 6) is -1.80. The molecule has 0 fully saturated rings. The van der Waals surface area contributed by atoms with E-state index in [0.29, 0.717) is 11.3 Å². The molecular formula is C17H14F2IN3. The van der Waals surface area contributed by atoms with E-state index in [0.717, 1.165) is 20.9 Å². The molecule has 0 spiro atoms. The number of nitrogens with zero attached hydrogens (tertiary/aromatic N) is 2. The maximum absolute atomic E-state index is 14.4. The van der Waals surface area contributed by atoms with Crippen molar-refractivity contribution in [1.29, 1.82) is 0 Å². The molecule has 0 amide bonds. The van der Waals surface area contributed by atoms with Gasteiger partial charge in [0.05, 0.1) is 11.4 Å². The summed E-state index contributed by atoms with van der Waals surface area (Å²) in [6.07, 6.45) is 1.76. The van der Waals surface area contributed by atoms with Crippen molar-refractivity contribution in [3.8, 4) is 11.3 Å². The monoisotopic (exact) mass is 425 g/mol. The summed E-state index contributed by atoms with van der Waals surface area (Å²) in [5, 5.41) is 7.29. The molecule has 1 N–H and O–H groups in total. The Morgan fingerprint density at radius 1 is 1.13 bits per heavy atom. The summed E-state index contributed by atoms with van der Waals surface area (Å²) in [7, 11) is 1.78. The highest BCUT2D eigenvalue weighted by atomic mass is 127. The van der Waals surface area contributed by atoms with E-state index in [4.69, 9.17) is 0 Å². The average Bonchev–Trinajstić information content (AvgIpc) is 2.93. The molecule has 0 bridgehead atoms. The maximum Gasteiger partial charge on any atom is 0.182 e. The molecule has 0 aliphatic carbocycles. The Hall–Kier alpha value is -1.96. The Morgan fingerprint density at radius 3 is 2.57 bits per heavy atom. The van der Waals surface area contributed by atoms with Crippen molar-refractivity contribution in [3.05, 3.63) is 63.4 Å². The zero-order valence-corrected chi connectivity index (χ0v) is 14.7. The van der Waals surface area contributed by atoms with E-state index in [9.17, 15) is 8.78 Å². The lowest BCUT2D eigenvalue weighted by Crippen LogP contribution is -2.01. The minimum Gasteiger partial charge on any atom is -0.352 e. The van der Waals surface area contributed by atoms with Crippen LogP contribution in [0, 0.1) is 22.1 Å². The normalized spacial score (nSPS) is 10.8. The van der Waals surface area contributed by atoms with E-state index in [1.807, 2.05) is 25.1 Å². The third-order valence-electron chi connectivity index (χ3n) is 3.53. The van der Waals surface area contributed by atoms with E-state index in [-0.39, 0.29) is 5.69 Å². The molecule has 2 aromatic carbocycles. The van der Waals surface area contributed by atoms with Gasteiger partial charge < -0.3 is 5.32 Å². The highest BCUT2D eigenvalue weighted by molar-refractivity contribution is 14.1. The van der Waals surface area contributed by atoms with Crippen LogP contribution >= 0.6 is 22.6 Å². The number of hydrogen-bond acceptors (Lipinski definition) is 2. The fourth-order valence-electron chi connectivity index (χ4n) is 2.35. The number of benzene rings is 2. The zero-order valence-electron chi connectivity index (χ0n) is 12.6. The van der Waals surface area contributed by atoms with Gasteiger partial charge in [0.25, 0.3) is 0 Å². The van der Waals surface area contributed by atoms with Crippen molar-refractivity contribution in [2.45, 2.75) is 6.92 Å². The molecule has 118 valence electrons. The molecule has 6 heteroatoms. The largest absolute Gasteiger partial charge is 0.352 e. The number of aromatic nitrogens is 2. The van der Waals surface area contributed by atoms with Crippen LogP contribution in [0.15, 0.2) is 42.6 Å². The molecule has 0 radical (unpaired) electrons. The van der Waals surface area contributed by atoms with Gasteiger partial charge in [0.2, 0.25) is 0 Å². The number of hydrogen-bond donors (Lipinski definition) is 1. The van der Waals surface area contributed by atoms with Crippen LogP contribution in [0.5, 0.6) is 0 Å². The first-order valence-electron chi connectivity index (χ1n) is 6.97. The molecule has 0 aliphatic heterocycles. The van der Waals surface area contributed by atoms with Gasteiger partial charge in [-0.15, -0.1) is 0 Å². The van der Waals surface area contributed by atoms with Crippen molar-refractivity contribution >= 4 is 34.0 Å². The van der Waals surface area contributed by atoms with Crippen molar-refractivity contribution in [1.82, 2.24) is 9.78 Å². The molecule has 3 aromatic rings. The van der Waals surface area contributed by atoms with E-state index < -0.39 is 11.6 Å². The lowest BCUT2D eigenvalue weighted by molar-refractivity contribution is 0.512. The standard InChI is InChI=1S/C17H14F2IN3/c1-10-9-11(20)3-6-14(10)21-17-12(4-5-13(18)16(17)19)15-7-8-23(2)22-15/h3-9,21H,1-2H3. The second-order valence-corrected chi connectivity index (χ2v) is 6.49. The molecule has 0 atom stereocenters. The third-order valence-corrected chi connectivity index (χ3v) is 4.20. The second-order valence-electron chi connectivity index (χ2n) is 5.24. The van der Waals surface area contributed by atoms with Crippen molar-refractivity contribution < 1.29 is 8.78 Å². The molecule has 3 nitrogen and oxygen atoms in total. The molecule has 3 rings (SSSR count). The lowest BCUT2D eigenvalue weighted by Gasteiger charge is -2.14. The Kier molecular flexibility index (Phi) is 4.34. The van der Waals surface area contributed by atoms with Gasteiger partial charge in [-0.1, -0.05) is 0 Å². The van der Waals surface area contributed by atoms with Gasteiger partial charge in [0, 0.05) is 28.1 Å². The van der Waals surface area contributed by atoms with Crippen LogP contribution in [0.4, 0.5) is 20.2 Å². The highest BCUT2D eigenvalue weighted by Crippen LogP contribution is 2.34. The summed E-state index contributed by atoms with van der Waals surface area (Å²) < 4.78 is 30.8. The SMILES string of the molecule is Cc1cc(I)ccc1Nc1c(-c2ccn(C)n2)ccc(F)c1F. The Morgan fingerprint density at radius 2 is 1.91 bits per heavy atom. The van der Waals surface area contributed by atoms with Crippen molar-refractivity contribution in [3.63, 3.8) is 0 Å². The van der Waals surface area contributed by atoms with Crippen LogP contribution in [0.3, 0.4) is 0 Å². The minimum absolute atomic E-state index is 0.0907. The summed E-state index contributed by atoms with van der Waals surface area (Å²) in [4.78, 5) is 0. The summed E-state index contributed by atoms with van der Waals surface area (Å²) in [5.41, 5.74) is 2.87. The molecule has 0 saturated carbocycles. The van der Waals surface area contributed by atoms with E-state index >= 15 is 0 Å². The molecule has 0 saturated heterocycles. The van der Waals surface area contributed by atoms with Crippen LogP contribution in [0.2, 0.25) is 0 Å². The number of aryl methyl sites for hydroxylation is 2. The van der Waals surface area contributed by atoms with Crippen molar-refractivity contribution in [2.75, 3.05) is 5.32 Å². The smallest absolute Gasteiger partial charge is 0.182 e. The fraction of sp³-hybridized carbons (Fsp3) is 0.118. The van der Waals surface area contributed by atoms with Crippen LogP contribution in [0.1, 0.15) is 5.56 Å². The first kappa shape index (κ1) is 15.9. The van der Waals surface area contributed by atoms with Crippen LogP contribution in [-0.2, 0) is 7.05 Å². The maximum atomic E-state index is 14.4. The van der Waals surface area contributed by atoms with Gasteiger partial charge in [-0.25, -0.2) is 8.78 Å². The first-order valence-corrected chi connectivity index (χ1v) is 8.05. The predicted molar refractivity (Wildman–Crippen MR) is 95.7 cm³/mol. The van der Waals surface area contributed by atoms with Crippen LogP contribution in [-0.4, -0.2) is 9.78 Å². The third kappa shape index (κ3) is 3.21. The van der Waals surface area contributed by atoms with Gasteiger partial charge in [0.1, 0.15) is 0 Å². The quantitative estimate of drug-likeness (QED) is 0.598. The molecule has 1 aromatic heterocycles. The van der Waals surface area contributed by atoms with E-state index in [1.54, 1.807) is 24.0 Å². The van der Waals surface area contributed by atoms with Gasteiger partial charge in [0.15, 0.2) is 11.6 Å². The minimum atomic E-state index is -0.911. The van der Waals surface area contributed by atoms with E-state index in [2.05, 4.69) is 33.0 Å². The molecule has 23 heavy (non-hydrogen) atoms. The number of halogens is 3. The summed E-state index contributed by atoms with van der Waals surface area (Å²) >= 11 is 2.21. The number of nitrogens with one attached hydrogen (secondary N) is 1.